The number of epoxide rings is 1. The molecule has 0 aromatic heterocycles. The summed E-state index contributed by atoms with van der Waals surface area (Å²) in [6.07, 6.45) is -11.0. The highest BCUT2D eigenvalue weighted by atomic mass is 16.8. The maximum atomic E-state index is 14.3. The van der Waals surface area contributed by atoms with Crippen LogP contribution < -0.4 is 0 Å². The Bertz CT molecular complexity index is 2160. The van der Waals surface area contributed by atoms with Crippen LogP contribution in [0.5, 0.6) is 0 Å². The second-order valence-corrected chi connectivity index (χ2v) is 22.2. The normalized spacial score (nSPS) is 48.8. The molecule has 19 nitrogen and oxygen atoms in total. The Morgan fingerprint density at radius 1 is 0.750 bits per heavy atom. The van der Waals surface area contributed by atoms with Crippen LogP contribution in [-0.4, -0.2) is 180 Å². The van der Waals surface area contributed by atoms with E-state index in [2.05, 4.69) is 6.92 Å². The van der Waals surface area contributed by atoms with Gasteiger partial charge in [0.15, 0.2) is 18.9 Å². The van der Waals surface area contributed by atoms with Gasteiger partial charge in [-0.1, -0.05) is 38.1 Å². The molecule has 2 spiro atoms. The summed E-state index contributed by atoms with van der Waals surface area (Å²) in [5.74, 6) is -1.81. The minimum Gasteiger partial charge on any atom is -0.454 e. The molecular weight excluding hydrogens is 941 g/mol. The lowest BCUT2D eigenvalue weighted by molar-refractivity contribution is -0.371. The Balaban J connectivity index is 0.899. The second kappa shape index (κ2) is 20.5. The summed E-state index contributed by atoms with van der Waals surface area (Å²) >= 11 is 0. The molecular formula is C53H76O19. The number of aliphatic hydroxyl groups excluding tert-OH is 5. The maximum Gasteiger partial charge on any atom is 0.338 e. The van der Waals surface area contributed by atoms with E-state index in [1.807, 2.05) is 19.9 Å². The first-order valence-corrected chi connectivity index (χ1v) is 25.9. The van der Waals surface area contributed by atoms with E-state index in [1.54, 1.807) is 65.1 Å². The van der Waals surface area contributed by atoms with Crippen LogP contribution in [0.15, 0.2) is 42.0 Å². The van der Waals surface area contributed by atoms with Gasteiger partial charge >= 0.3 is 11.9 Å². The van der Waals surface area contributed by atoms with Gasteiger partial charge < -0.3 is 77.6 Å². The van der Waals surface area contributed by atoms with E-state index in [1.165, 1.54) is 7.11 Å². The second-order valence-electron chi connectivity index (χ2n) is 22.2. The van der Waals surface area contributed by atoms with Gasteiger partial charge in [0.2, 0.25) is 0 Å². The first kappa shape index (κ1) is 53.8. The molecule has 4 saturated carbocycles. The molecule has 4 saturated heterocycles. The molecule has 1 aromatic carbocycles. The van der Waals surface area contributed by atoms with Crippen molar-refractivity contribution in [3.05, 3.63) is 47.5 Å². The molecule has 9 rings (SSSR count). The zero-order chi connectivity index (χ0) is 51.8. The van der Waals surface area contributed by atoms with Gasteiger partial charge in [0.1, 0.15) is 78.0 Å². The van der Waals surface area contributed by atoms with Crippen molar-refractivity contribution in [2.24, 2.45) is 28.6 Å². The van der Waals surface area contributed by atoms with Crippen LogP contribution in [-0.2, 0) is 61.7 Å². The number of hydrogen-bond donors (Lipinski definition) is 5. The fraction of sp³-hybridized carbons (Fsp3) is 0.792. The highest BCUT2D eigenvalue weighted by molar-refractivity contribution is 5.90. The zero-order valence-electron chi connectivity index (χ0n) is 42.8. The van der Waals surface area contributed by atoms with Gasteiger partial charge in [0.25, 0.3) is 0 Å². The third-order valence-electron chi connectivity index (χ3n) is 18.6. The number of benzene rings is 1. The average molecular weight is 1020 g/mol. The molecule has 0 amide bonds. The Morgan fingerprint density at radius 2 is 1.44 bits per heavy atom. The molecule has 1 aromatic rings. The van der Waals surface area contributed by atoms with Gasteiger partial charge in [0.05, 0.1) is 36.6 Å². The minimum absolute atomic E-state index is 0.00801. The zero-order valence-corrected chi connectivity index (χ0v) is 42.8. The number of carbonyl (C=O) groups excluding carboxylic acids is 3. The molecule has 4 aliphatic carbocycles. The minimum atomic E-state index is -1.67. The molecule has 72 heavy (non-hydrogen) atoms. The molecule has 24 atom stereocenters. The summed E-state index contributed by atoms with van der Waals surface area (Å²) in [6.45, 7) is 12.2. The van der Waals surface area contributed by atoms with E-state index in [0.29, 0.717) is 56.1 Å². The molecule has 0 bridgehead atoms. The highest BCUT2D eigenvalue weighted by Crippen LogP contribution is 2.81. The van der Waals surface area contributed by atoms with E-state index in [-0.39, 0.29) is 23.7 Å². The quantitative estimate of drug-likeness (QED) is 0.0777. The fourth-order valence-electron chi connectivity index (χ4n) is 14.7. The Hall–Kier alpha value is -2.99. The number of ketones is 1. The van der Waals surface area contributed by atoms with Crippen molar-refractivity contribution in [1.82, 2.24) is 0 Å². The standard InChI is InChI=1S/C53H76O19/c1-10-25(2)46(60)71-45-43(68-47(61)29-14-12-11-13-15-29)44-50(6)19-17-31(22-30(50)16-20-52(44)53(72-52)21-18-32(26(3)55)51(45,53)7)66-35-23-33(62-8)40(27(4)64-35)69-49-39(59)42(63-9)41(28(5)65-49)70-48-38(58)37(57)36(56)34(24-54)67-48/h10-15,27-28,30-45,48-49,54,56-59H,16-24H2,1-9H3/t27-,28-,30+,31+,32+,33-,34-,35+,36-,37+,38-,39-,40-,41-,42+,43+,44-,45-,48+,49+,50+,51+,52+,53-/m1/s1. The number of Topliss-reactive ketones (excluding diaryl/α,β-unsaturated/α-hetero) is 1. The predicted molar refractivity (Wildman–Crippen MR) is 250 cm³/mol. The molecule has 402 valence electrons. The van der Waals surface area contributed by atoms with Crippen LogP contribution in [0.1, 0.15) is 110 Å². The van der Waals surface area contributed by atoms with Crippen LogP contribution in [0.4, 0.5) is 0 Å². The molecule has 4 aliphatic heterocycles. The van der Waals surface area contributed by atoms with Crippen molar-refractivity contribution in [2.45, 2.75) is 215 Å². The third kappa shape index (κ3) is 8.72. The Labute approximate surface area is 421 Å². The van der Waals surface area contributed by atoms with Crippen LogP contribution in [0.3, 0.4) is 0 Å². The molecule has 8 aliphatic rings. The molecule has 5 N–H and O–H groups in total. The number of methoxy groups -OCH3 is 2. The summed E-state index contributed by atoms with van der Waals surface area (Å²) in [5.41, 5.74) is -2.09. The van der Waals surface area contributed by atoms with Crippen molar-refractivity contribution < 1.29 is 92.0 Å². The Morgan fingerprint density at radius 3 is 2.11 bits per heavy atom. The number of fused-ring (bicyclic) bond motifs is 2. The first-order valence-electron chi connectivity index (χ1n) is 25.9. The number of esters is 2. The molecule has 8 fully saturated rings. The van der Waals surface area contributed by atoms with Crippen LogP contribution in [0.2, 0.25) is 0 Å². The van der Waals surface area contributed by atoms with E-state index in [4.69, 9.17) is 52.1 Å². The van der Waals surface area contributed by atoms with Gasteiger partial charge in [0, 0.05) is 43.5 Å². The number of carbonyl (C=O) groups is 3. The number of aliphatic hydroxyl groups is 5. The molecule has 4 heterocycles. The lowest BCUT2D eigenvalue weighted by Crippen LogP contribution is -2.70. The molecule has 19 heteroatoms. The molecule has 0 unspecified atom stereocenters. The molecule has 0 radical (unpaired) electrons. The summed E-state index contributed by atoms with van der Waals surface area (Å²) in [4.78, 5) is 41.8. The highest BCUT2D eigenvalue weighted by Gasteiger charge is 2.91. The van der Waals surface area contributed by atoms with Crippen molar-refractivity contribution in [2.75, 3.05) is 20.8 Å². The maximum absolute atomic E-state index is 14.3. The SMILES string of the molecule is CC=C(C)C(=O)O[C@@H]1[C@@H](OC(=O)c2ccccc2)[C@@H]2[C@@]3(C)CC[C@H](O[C@H]4C[C@@H](OC)[C@H](O[C@@H]5O[C@H](C)[C@@H](O[C@@H]6O[C@H](CO)[C@@H](O)[C@H](O)[C@H]6O)[C@@H](OC)[C@H]5O)[C@@H](C)O4)C[C@@H]3CC[C@]23O[C@@]32CC[C@@H](C(C)=O)[C@@]12C. The third-order valence-corrected chi connectivity index (χ3v) is 18.6. The smallest absolute Gasteiger partial charge is 0.338 e. The van der Waals surface area contributed by atoms with Gasteiger partial charge in [-0.15, -0.1) is 0 Å². The average Bonchev–Trinajstić information content (AvgIpc) is 3.91. The summed E-state index contributed by atoms with van der Waals surface area (Å²) in [5, 5.41) is 52.5. The summed E-state index contributed by atoms with van der Waals surface area (Å²) < 4.78 is 69.7. The van der Waals surface area contributed by atoms with E-state index >= 15 is 0 Å². The Kier molecular flexibility index (Phi) is 15.3. The van der Waals surface area contributed by atoms with E-state index in [0.717, 1.165) is 6.42 Å². The predicted octanol–water partition coefficient (Wildman–Crippen LogP) is 3.06. The topological polar surface area (TPSA) is 257 Å². The monoisotopic (exact) mass is 1020 g/mol. The first-order chi connectivity index (χ1) is 34.2. The van der Waals surface area contributed by atoms with Gasteiger partial charge in [-0.05, 0) is 103 Å². The van der Waals surface area contributed by atoms with Gasteiger partial charge in [-0.2, -0.15) is 0 Å². The van der Waals surface area contributed by atoms with Crippen molar-refractivity contribution in [3.63, 3.8) is 0 Å². The lowest BCUT2D eigenvalue weighted by Gasteiger charge is -2.61. The van der Waals surface area contributed by atoms with Gasteiger partial charge in [-0.3, -0.25) is 4.79 Å². The number of hydrogen-bond acceptors (Lipinski definition) is 19. The van der Waals surface area contributed by atoms with E-state index < -0.39 is 145 Å². The van der Waals surface area contributed by atoms with Crippen LogP contribution in [0, 0.1) is 28.6 Å². The van der Waals surface area contributed by atoms with Crippen molar-refractivity contribution >= 4 is 17.7 Å². The summed E-state index contributed by atoms with van der Waals surface area (Å²) in [7, 11) is 2.94. The van der Waals surface area contributed by atoms with Crippen LogP contribution >= 0.6 is 0 Å². The van der Waals surface area contributed by atoms with Gasteiger partial charge in [-0.25, -0.2) is 9.59 Å². The largest absolute Gasteiger partial charge is 0.454 e. The van der Waals surface area contributed by atoms with Crippen molar-refractivity contribution in [1.29, 1.82) is 0 Å². The lowest BCUT2D eigenvalue weighted by atomic mass is 9.43. The van der Waals surface area contributed by atoms with E-state index in [9.17, 15) is 39.9 Å². The number of rotatable bonds is 14. The fourth-order valence-corrected chi connectivity index (χ4v) is 14.7. The summed E-state index contributed by atoms with van der Waals surface area (Å²) in [6, 6.07) is 8.80. The number of ether oxygens (including phenoxy) is 11. The van der Waals surface area contributed by atoms with Crippen LogP contribution in [0.25, 0.3) is 0 Å². The number of allylic oxidation sites excluding steroid dienone is 1. The van der Waals surface area contributed by atoms with Crippen molar-refractivity contribution in [3.8, 4) is 0 Å².